The summed E-state index contributed by atoms with van der Waals surface area (Å²) in [5, 5.41) is 7.43. The lowest BCUT2D eigenvalue weighted by atomic mass is 9.94. The number of aryl methyl sites for hydroxylation is 2. The Bertz CT molecular complexity index is 2410. The van der Waals surface area contributed by atoms with Gasteiger partial charge < -0.3 is 9.80 Å². The van der Waals surface area contributed by atoms with Crippen molar-refractivity contribution < 1.29 is 0 Å². The second kappa shape index (κ2) is 11.1. The molecule has 47 heavy (non-hydrogen) atoms. The Morgan fingerprint density at radius 1 is 0.468 bits per heavy atom. The lowest BCUT2D eigenvalue weighted by molar-refractivity contribution is 1.17. The van der Waals surface area contributed by atoms with E-state index in [0.717, 1.165) is 11.4 Å². The first kappa shape index (κ1) is 27.8. The third-order valence-corrected chi connectivity index (χ3v) is 10.4. The van der Waals surface area contributed by atoms with Gasteiger partial charge in [-0.15, -0.1) is 0 Å². The Morgan fingerprint density at radius 2 is 1.11 bits per heavy atom. The van der Waals surface area contributed by atoms with E-state index in [1.165, 1.54) is 76.0 Å². The molecular formula is C44H32N2S. The topological polar surface area (TPSA) is 6.48 Å². The van der Waals surface area contributed by atoms with E-state index in [1.54, 1.807) is 0 Å². The average Bonchev–Trinajstić information content (AvgIpc) is 3.11. The van der Waals surface area contributed by atoms with E-state index in [4.69, 9.17) is 0 Å². The highest BCUT2D eigenvalue weighted by atomic mass is 32.2. The summed E-state index contributed by atoms with van der Waals surface area (Å²) >= 11 is 1.87. The van der Waals surface area contributed by atoms with Crippen LogP contribution in [-0.4, -0.2) is 0 Å². The molecule has 0 bridgehead atoms. The average molecular weight is 621 g/mol. The Kier molecular flexibility index (Phi) is 6.55. The fourth-order valence-electron chi connectivity index (χ4n) is 7.10. The number of fused-ring (bicyclic) bond motifs is 7. The van der Waals surface area contributed by atoms with Gasteiger partial charge in [-0.2, -0.15) is 0 Å². The van der Waals surface area contributed by atoms with E-state index < -0.39 is 0 Å². The Morgan fingerprint density at radius 3 is 1.85 bits per heavy atom. The first-order valence-electron chi connectivity index (χ1n) is 16.1. The highest BCUT2D eigenvalue weighted by Gasteiger charge is 2.28. The molecule has 1 aliphatic heterocycles. The summed E-state index contributed by atoms with van der Waals surface area (Å²) in [7, 11) is 0. The van der Waals surface area contributed by atoms with E-state index in [2.05, 4.69) is 181 Å². The lowest BCUT2D eigenvalue weighted by Crippen LogP contribution is -2.15. The maximum atomic E-state index is 2.47. The van der Waals surface area contributed by atoms with Crippen LogP contribution >= 0.6 is 11.8 Å². The normalized spacial score (nSPS) is 12.3. The summed E-state index contributed by atoms with van der Waals surface area (Å²) in [6, 6.07) is 57.8. The molecule has 2 nitrogen and oxygen atoms in total. The summed E-state index contributed by atoms with van der Waals surface area (Å²) in [6.45, 7) is 4.33. The van der Waals surface area contributed by atoms with Crippen molar-refractivity contribution in [3.05, 3.63) is 169 Å². The predicted molar refractivity (Wildman–Crippen MR) is 202 cm³/mol. The van der Waals surface area contributed by atoms with Crippen LogP contribution in [0.2, 0.25) is 0 Å². The molecule has 0 unspecified atom stereocenters. The van der Waals surface area contributed by atoms with Crippen LogP contribution in [0, 0.1) is 13.8 Å². The van der Waals surface area contributed by atoms with Crippen LogP contribution in [0.4, 0.5) is 34.1 Å². The number of rotatable bonds is 4. The molecule has 3 heteroatoms. The van der Waals surface area contributed by atoms with Gasteiger partial charge in [0, 0.05) is 43.0 Å². The maximum absolute atomic E-state index is 2.47. The molecule has 0 N–H and O–H groups in total. The third-order valence-electron chi connectivity index (χ3n) is 9.29. The van der Waals surface area contributed by atoms with Crippen LogP contribution in [0.1, 0.15) is 11.1 Å². The summed E-state index contributed by atoms with van der Waals surface area (Å²) in [5.41, 5.74) is 9.64. The predicted octanol–water partition coefficient (Wildman–Crippen LogP) is 13.2. The molecule has 9 rings (SSSR count). The van der Waals surface area contributed by atoms with E-state index in [1.807, 2.05) is 11.8 Å². The molecule has 0 amide bonds. The minimum absolute atomic E-state index is 1.13. The summed E-state index contributed by atoms with van der Waals surface area (Å²) in [6.07, 6.45) is 0. The van der Waals surface area contributed by atoms with Gasteiger partial charge in [-0.1, -0.05) is 114 Å². The van der Waals surface area contributed by atoms with Crippen molar-refractivity contribution in [1.82, 2.24) is 0 Å². The van der Waals surface area contributed by atoms with E-state index in [0.29, 0.717) is 0 Å². The Labute approximate surface area is 279 Å². The van der Waals surface area contributed by atoms with Crippen LogP contribution in [-0.2, 0) is 0 Å². The zero-order valence-electron chi connectivity index (χ0n) is 26.3. The standard InChI is InChI=1S/C44H32N2S/c1-29-17-20-34(21-18-29)46-40-25-19-30(2)27-42(40)47-41-26-24-36-37(44(41)46)22-23-38-39(36)28-31-11-9-10-16-35(31)43(38)45(32-12-5-3-6-13-32)33-14-7-4-8-15-33/h3-28H,1-2H3. The summed E-state index contributed by atoms with van der Waals surface area (Å²) in [5.74, 6) is 0. The van der Waals surface area contributed by atoms with Gasteiger partial charge in [0.25, 0.3) is 0 Å². The SMILES string of the molecule is Cc1ccc(N2c3ccc(C)cc3Sc3ccc4c(ccc5c(N(c6ccccc6)c6ccccc6)c6ccccc6cc54)c32)cc1. The number of hydrogen-bond acceptors (Lipinski definition) is 3. The molecule has 0 saturated heterocycles. The van der Waals surface area contributed by atoms with Crippen molar-refractivity contribution in [2.75, 3.05) is 9.80 Å². The molecule has 0 atom stereocenters. The minimum atomic E-state index is 1.13. The van der Waals surface area contributed by atoms with Gasteiger partial charge in [0.05, 0.1) is 17.1 Å². The first-order chi connectivity index (χ1) is 23.1. The number of anilines is 6. The van der Waals surface area contributed by atoms with Gasteiger partial charge in [-0.05, 0) is 96.2 Å². The van der Waals surface area contributed by atoms with Gasteiger partial charge >= 0.3 is 0 Å². The molecule has 0 fully saturated rings. The lowest BCUT2D eigenvalue weighted by Gasteiger charge is -2.34. The van der Waals surface area contributed by atoms with E-state index >= 15 is 0 Å². The molecule has 0 spiro atoms. The molecule has 0 radical (unpaired) electrons. The third kappa shape index (κ3) is 4.58. The van der Waals surface area contributed by atoms with Crippen LogP contribution in [0.3, 0.4) is 0 Å². The summed E-state index contributed by atoms with van der Waals surface area (Å²) in [4.78, 5) is 7.44. The fourth-order valence-corrected chi connectivity index (χ4v) is 8.28. The molecule has 224 valence electrons. The minimum Gasteiger partial charge on any atom is -0.309 e. The Hall–Kier alpha value is -5.51. The van der Waals surface area contributed by atoms with Gasteiger partial charge in [-0.3, -0.25) is 0 Å². The molecule has 0 aliphatic carbocycles. The van der Waals surface area contributed by atoms with Crippen LogP contribution in [0.25, 0.3) is 32.3 Å². The monoisotopic (exact) mass is 620 g/mol. The van der Waals surface area contributed by atoms with E-state index in [9.17, 15) is 0 Å². The first-order valence-corrected chi connectivity index (χ1v) is 16.9. The molecule has 0 saturated carbocycles. The number of benzene rings is 8. The number of nitrogens with zero attached hydrogens (tertiary/aromatic N) is 2. The van der Waals surface area contributed by atoms with E-state index in [-0.39, 0.29) is 0 Å². The van der Waals surface area contributed by atoms with Crippen LogP contribution in [0.5, 0.6) is 0 Å². The molecule has 8 aromatic rings. The van der Waals surface area contributed by atoms with Crippen molar-refractivity contribution >= 4 is 78.2 Å². The van der Waals surface area contributed by atoms with Crippen molar-refractivity contribution in [3.8, 4) is 0 Å². The smallest absolute Gasteiger partial charge is 0.0680 e. The second-order valence-electron chi connectivity index (χ2n) is 12.4. The van der Waals surface area contributed by atoms with Gasteiger partial charge in [0.2, 0.25) is 0 Å². The van der Waals surface area contributed by atoms with Gasteiger partial charge in [0.1, 0.15) is 0 Å². The number of para-hydroxylation sites is 2. The van der Waals surface area contributed by atoms with Crippen LogP contribution < -0.4 is 9.80 Å². The quantitative estimate of drug-likeness (QED) is 0.143. The fraction of sp³-hybridized carbons (Fsp3) is 0.0455. The molecule has 0 aromatic heterocycles. The van der Waals surface area contributed by atoms with Crippen molar-refractivity contribution in [2.45, 2.75) is 23.6 Å². The van der Waals surface area contributed by atoms with Crippen LogP contribution in [0.15, 0.2) is 168 Å². The van der Waals surface area contributed by atoms with Gasteiger partial charge in [0.15, 0.2) is 0 Å². The van der Waals surface area contributed by atoms with Gasteiger partial charge in [-0.25, -0.2) is 0 Å². The largest absolute Gasteiger partial charge is 0.309 e. The summed E-state index contributed by atoms with van der Waals surface area (Å²) < 4.78 is 0. The molecule has 8 aromatic carbocycles. The Balaban J connectivity index is 1.37. The maximum Gasteiger partial charge on any atom is 0.0680 e. The van der Waals surface area contributed by atoms with Crippen molar-refractivity contribution in [1.29, 1.82) is 0 Å². The number of hydrogen-bond donors (Lipinski definition) is 0. The zero-order valence-corrected chi connectivity index (χ0v) is 27.1. The van der Waals surface area contributed by atoms with Crippen molar-refractivity contribution in [2.24, 2.45) is 0 Å². The molecular weight excluding hydrogens is 589 g/mol. The highest BCUT2D eigenvalue weighted by molar-refractivity contribution is 7.99. The van der Waals surface area contributed by atoms with Crippen molar-refractivity contribution in [3.63, 3.8) is 0 Å². The second-order valence-corrected chi connectivity index (χ2v) is 13.4. The molecule has 1 heterocycles. The zero-order chi connectivity index (χ0) is 31.5. The molecule has 1 aliphatic rings. The highest BCUT2D eigenvalue weighted by Crippen LogP contribution is 2.55.